The first-order valence-corrected chi connectivity index (χ1v) is 10.7. The fourth-order valence-corrected chi connectivity index (χ4v) is 4.66. The van der Waals surface area contributed by atoms with E-state index in [0.29, 0.717) is 0 Å². The lowest BCUT2D eigenvalue weighted by Crippen LogP contribution is -2.47. The van der Waals surface area contributed by atoms with Crippen molar-refractivity contribution in [2.45, 2.75) is 51.6 Å². The van der Waals surface area contributed by atoms with Gasteiger partial charge in [-0.15, -0.1) is 0 Å². The lowest BCUT2D eigenvalue weighted by atomic mass is 9.74. The van der Waals surface area contributed by atoms with Crippen molar-refractivity contribution < 1.29 is 9.15 Å². The second kappa shape index (κ2) is 9.27. The standard InChI is InChI=1S/C25H36N2O2/c1-20-8-10-21(11-9-20)22(23-7-6-15-28-23)12-14-26-18-25(19-27(4)5)13-16-29-24(2,3)17-25/h6-11,15,18,22H,12-14,16-17,19H2,1-5H3/t22-,25-/m1/s1. The van der Waals surface area contributed by atoms with Gasteiger partial charge < -0.3 is 14.1 Å². The molecule has 1 saturated heterocycles. The average Bonchev–Trinajstić information content (AvgIpc) is 3.15. The summed E-state index contributed by atoms with van der Waals surface area (Å²) in [6, 6.07) is 12.8. The van der Waals surface area contributed by atoms with Crippen LogP contribution < -0.4 is 0 Å². The molecule has 4 nitrogen and oxygen atoms in total. The molecule has 2 heterocycles. The number of rotatable bonds is 8. The summed E-state index contributed by atoms with van der Waals surface area (Å²) in [5.41, 5.74) is 2.54. The predicted octanol–water partition coefficient (Wildman–Crippen LogP) is 5.32. The Hall–Kier alpha value is -1.91. The van der Waals surface area contributed by atoms with Crippen LogP contribution in [0.3, 0.4) is 0 Å². The first-order chi connectivity index (χ1) is 13.8. The van der Waals surface area contributed by atoms with Crippen LogP contribution in [0.15, 0.2) is 52.1 Å². The van der Waals surface area contributed by atoms with Crippen molar-refractivity contribution in [2.75, 3.05) is 33.8 Å². The SMILES string of the molecule is Cc1ccc([C@@H](CCN=C[C@@]2(CN(C)C)CCOC(C)(C)C2)c2ccco2)cc1. The first kappa shape index (κ1) is 21.8. The molecule has 0 saturated carbocycles. The van der Waals surface area contributed by atoms with Gasteiger partial charge in [-0.3, -0.25) is 4.99 Å². The molecule has 0 aliphatic carbocycles. The van der Waals surface area contributed by atoms with Gasteiger partial charge in [0.2, 0.25) is 0 Å². The molecule has 2 aromatic rings. The lowest BCUT2D eigenvalue weighted by molar-refractivity contribution is -0.0887. The van der Waals surface area contributed by atoms with E-state index >= 15 is 0 Å². The first-order valence-electron chi connectivity index (χ1n) is 10.7. The zero-order valence-electron chi connectivity index (χ0n) is 18.6. The Morgan fingerprint density at radius 2 is 1.93 bits per heavy atom. The zero-order valence-corrected chi connectivity index (χ0v) is 18.6. The minimum Gasteiger partial charge on any atom is -0.469 e. The van der Waals surface area contributed by atoms with E-state index in [0.717, 1.165) is 44.7 Å². The van der Waals surface area contributed by atoms with Crippen molar-refractivity contribution in [3.63, 3.8) is 0 Å². The molecule has 1 aromatic carbocycles. The number of nitrogens with zero attached hydrogens (tertiary/aromatic N) is 2. The van der Waals surface area contributed by atoms with Gasteiger partial charge in [0.25, 0.3) is 0 Å². The van der Waals surface area contributed by atoms with Crippen LogP contribution in [0.2, 0.25) is 0 Å². The van der Waals surface area contributed by atoms with Crippen LogP contribution in [0, 0.1) is 12.3 Å². The van der Waals surface area contributed by atoms with Gasteiger partial charge >= 0.3 is 0 Å². The second-order valence-corrected chi connectivity index (χ2v) is 9.44. The summed E-state index contributed by atoms with van der Waals surface area (Å²) in [4.78, 5) is 7.20. The molecule has 2 atom stereocenters. The second-order valence-electron chi connectivity index (χ2n) is 9.44. The summed E-state index contributed by atoms with van der Waals surface area (Å²) < 4.78 is 11.7. The Morgan fingerprint density at radius 1 is 1.17 bits per heavy atom. The highest BCUT2D eigenvalue weighted by atomic mass is 16.5. The third kappa shape index (κ3) is 6.03. The summed E-state index contributed by atoms with van der Waals surface area (Å²) in [7, 11) is 4.28. The Kier molecular flexibility index (Phi) is 6.97. The van der Waals surface area contributed by atoms with Gasteiger partial charge in [-0.05, 0) is 71.8 Å². The molecule has 1 aromatic heterocycles. The molecule has 1 aliphatic rings. The Bertz CT molecular complexity index is 778. The maximum Gasteiger partial charge on any atom is 0.111 e. The fraction of sp³-hybridized carbons (Fsp3) is 0.560. The van der Waals surface area contributed by atoms with Gasteiger partial charge in [0.05, 0.1) is 11.9 Å². The van der Waals surface area contributed by atoms with E-state index in [1.54, 1.807) is 6.26 Å². The smallest absolute Gasteiger partial charge is 0.111 e. The van der Waals surface area contributed by atoms with Gasteiger partial charge in [0, 0.05) is 37.2 Å². The van der Waals surface area contributed by atoms with Crippen molar-refractivity contribution in [1.82, 2.24) is 4.90 Å². The summed E-state index contributed by atoms with van der Waals surface area (Å²) in [5.74, 6) is 1.25. The van der Waals surface area contributed by atoms with E-state index < -0.39 is 0 Å². The number of ether oxygens (including phenoxy) is 1. The zero-order chi connectivity index (χ0) is 20.9. The normalized spacial score (nSPS) is 23.0. The molecule has 0 amide bonds. The van der Waals surface area contributed by atoms with Gasteiger partial charge in [0.1, 0.15) is 5.76 Å². The van der Waals surface area contributed by atoms with E-state index in [4.69, 9.17) is 14.1 Å². The summed E-state index contributed by atoms with van der Waals surface area (Å²) in [5, 5.41) is 0. The molecule has 4 heteroatoms. The van der Waals surface area contributed by atoms with Gasteiger partial charge in [-0.1, -0.05) is 29.8 Å². The van der Waals surface area contributed by atoms with E-state index in [1.165, 1.54) is 11.1 Å². The minimum atomic E-state index is -0.0983. The monoisotopic (exact) mass is 396 g/mol. The Morgan fingerprint density at radius 3 is 2.55 bits per heavy atom. The third-order valence-electron chi connectivity index (χ3n) is 5.78. The van der Waals surface area contributed by atoms with Crippen LogP contribution in [-0.4, -0.2) is 50.5 Å². The van der Waals surface area contributed by atoms with Crippen molar-refractivity contribution in [3.05, 3.63) is 59.5 Å². The molecule has 1 aliphatic heterocycles. The van der Waals surface area contributed by atoms with E-state index in [-0.39, 0.29) is 16.9 Å². The van der Waals surface area contributed by atoms with Gasteiger partial charge in [-0.2, -0.15) is 0 Å². The van der Waals surface area contributed by atoms with Crippen molar-refractivity contribution in [1.29, 1.82) is 0 Å². The van der Waals surface area contributed by atoms with Gasteiger partial charge in [-0.25, -0.2) is 0 Å². The Labute approximate surface area is 176 Å². The highest BCUT2D eigenvalue weighted by molar-refractivity contribution is 5.66. The minimum absolute atomic E-state index is 0.0787. The number of aryl methyl sites for hydroxylation is 1. The number of hydrogen-bond acceptors (Lipinski definition) is 4. The predicted molar refractivity (Wildman–Crippen MR) is 120 cm³/mol. The number of hydrogen-bond donors (Lipinski definition) is 0. The number of furan rings is 1. The van der Waals surface area contributed by atoms with Crippen LogP contribution >= 0.6 is 0 Å². The van der Waals surface area contributed by atoms with Crippen LogP contribution in [0.1, 0.15) is 55.9 Å². The largest absolute Gasteiger partial charge is 0.469 e. The van der Waals surface area contributed by atoms with Crippen LogP contribution in [-0.2, 0) is 4.74 Å². The lowest BCUT2D eigenvalue weighted by Gasteiger charge is -2.44. The molecule has 0 unspecified atom stereocenters. The molecule has 0 spiro atoms. The summed E-state index contributed by atoms with van der Waals surface area (Å²) in [6.45, 7) is 9.09. The summed E-state index contributed by atoms with van der Waals surface area (Å²) in [6.07, 6.45) is 6.95. The summed E-state index contributed by atoms with van der Waals surface area (Å²) >= 11 is 0. The molecular weight excluding hydrogens is 360 g/mol. The molecule has 3 rings (SSSR count). The topological polar surface area (TPSA) is 38.0 Å². The average molecular weight is 397 g/mol. The molecular formula is C25H36N2O2. The molecule has 29 heavy (non-hydrogen) atoms. The molecule has 0 radical (unpaired) electrons. The number of benzene rings is 1. The van der Waals surface area contributed by atoms with Crippen molar-refractivity contribution in [3.8, 4) is 0 Å². The van der Waals surface area contributed by atoms with Crippen molar-refractivity contribution in [2.24, 2.45) is 10.4 Å². The highest BCUT2D eigenvalue weighted by Crippen LogP contribution is 2.38. The maximum absolute atomic E-state index is 5.97. The number of aliphatic imine (C=N–C) groups is 1. The third-order valence-corrected chi connectivity index (χ3v) is 5.78. The maximum atomic E-state index is 5.97. The van der Waals surface area contributed by atoms with E-state index in [1.807, 2.05) is 6.07 Å². The van der Waals surface area contributed by atoms with Crippen LogP contribution in [0.4, 0.5) is 0 Å². The quantitative estimate of drug-likeness (QED) is 0.567. The Balaban J connectivity index is 1.71. The van der Waals surface area contributed by atoms with Gasteiger partial charge in [0.15, 0.2) is 0 Å². The molecule has 0 bridgehead atoms. The molecule has 1 fully saturated rings. The fourth-order valence-electron chi connectivity index (χ4n) is 4.66. The van der Waals surface area contributed by atoms with Crippen LogP contribution in [0.5, 0.6) is 0 Å². The van der Waals surface area contributed by atoms with E-state index in [9.17, 15) is 0 Å². The van der Waals surface area contributed by atoms with Crippen LogP contribution in [0.25, 0.3) is 0 Å². The highest BCUT2D eigenvalue weighted by Gasteiger charge is 2.40. The van der Waals surface area contributed by atoms with E-state index in [2.05, 4.69) is 76.3 Å². The van der Waals surface area contributed by atoms with Crippen molar-refractivity contribution >= 4 is 6.21 Å². The molecule has 0 N–H and O–H groups in total. The molecule has 158 valence electrons.